The second-order valence-electron chi connectivity index (χ2n) is 9.03. The summed E-state index contributed by atoms with van der Waals surface area (Å²) in [5.74, 6) is 1.34. The van der Waals surface area contributed by atoms with Crippen LogP contribution in [-0.2, 0) is 0 Å². The molecular formula is C27H31FN6O. The molecule has 35 heavy (non-hydrogen) atoms. The largest absolute Gasteiger partial charge is 0.492 e. The van der Waals surface area contributed by atoms with Crippen LogP contribution in [0.2, 0.25) is 0 Å². The molecule has 2 aliphatic rings. The first kappa shape index (κ1) is 23.3. The SMILES string of the molecule is CN(C)CCOc1ccc(F)c(-c2cccc3c2N(c2ccc(N4CCNCC4)nc2)CN=C3)c1. The van der Waals surface area contributed by atoms with E-state index in [1.807, 2.05) is 44.7 Å². The van der Waals surface area contributed by atoms with Crippen LogP contribution in [0.1, 0.15) is 5.56 Å². The maximum absolute atomic E-state index is 15.1. The summed E-state index contributed by atoms with van der Waals surface area (Å²) >= 11 is 0. The van der Waals surface area contributed by atoms with Gasteiger partial charge in [0.2, 0.25) is 0 Å². The van der Waals surface area contributed by atoms with Crippen molar-refractivity contribution >= 4 is 23.4 Å². The Labute approximate surface area is 205 Å². The zero-order valence-electron chi connectivity index (χ0n) is 20.2. The molecule has 0 unspecified atom stereocenters. The molecular weight excluding hydrogens is 443 g/mol. The van der Waals surface area contributed by atoms with E-state index in [9.17, 15) is 0 Å². The van der Waals surface area contributed by atoms with E-state index in [1.54, 1.807) is 12.1 Å². The van der Waals surface area contributed by atoms with Gasteiger partial charge < -0.3 is 24.8 Å². The number of anilines is 3. The van der Waals surface area contributed by atoms with Crippen molar-refractivity contribution in [2.45, 2.75) is 0 Å². The molecule has 0 saturated carbocycles. The minimum absolute atomic E-state index is 0.284. The number of piperazine rings is 1. The standard InChI is InChI=1S/C27H31FN6O/c1-32(2)14-15-35-22-7-8-25(28)24(16-22)23-5-3-4-20-17-30-19-34(27(20)23)21-6-9-26(31-18-21)33-12-10-29-11-13-33/h3-9,16-18,29H,10-15,19H2,1-2H3. The smallest absolute Gasteiger partial charge is 0.131 e. The van der Waals surface area contributed by atoms with Crippen LogP contribution >= 0.6 is 0 Å². The Balaban J connectivity index is 1.47. The quantitative estimate of drug-likeness (QED) is 0.563. The lowest BCUT2D eigenvalue weighted by Gasteiger charge is -2.31. The van der Waals surface area contributed by atoms with Gasteiger partial charge in [0.15, 0.2) is 0 Å². The molecule has 1 fully saturated rings. The Hall–Kier alpha value is -3.49. The number of pyridine rings is 1. The summed E-state index contributed by atoms with van der Waals surface area (Å²) in [6, 6.07) is 15.0. The molecule has 0 bridgehead atoms. The molecule has 0 radical (unpaired) electrons. The van der Waals surface area contributed by atoms with Crippen molar-refractivity contribution in [1.29, 1.82) is 0 Å². The number of nitrogens with one attached hydrogen (secondary N) is 1. The van der Waals surface area contributed by atoms with Crippen LogP contribution in [-0.4, -0.2) is 76.2 Å². The van der Waals surface area contributed by atoms with E-state index in [2.05, 4.69) is 37.1 Å². The summed E-state index contributed by atoms with van der Waals surface area (Å²) in [5.41, 5.74) is 4.10. The molecule has 8 heteroatoms. The maximum atomic E-state index is 15.1. The first-order valence-corrected chi connectivity index (χ1v) is 12.0. The van der Waals surface area contributed by atoms with Gasteiger partial charge in [-0.2, -0.15) is 0 Å². The number of hydrogen-bond acceptors (Lipinski definition) is 7. The summed E-state index contributed by atoms with van der Waals surface area (Å²) in [6.45, 7) is 5.58. The third-order valence-electron chi connectivity index (χ3n) is 6.31. The fourth-order valence-electron chi connectivity index (χ4n) is 4.45. The topological polar surface area (TPSA) is 56.2 Å². The number of rotatable bonds is 7. The highest BCUT2D eigenvalue weighted by molar-refractivity contribution is 5.98. The number of nitrogens with zero attached hydrogens (tertiary/aromatic N) is 5. The van der Waals surface area contributed by atoms with Crippen molar-refractivity contribution in [3.8, 4) is 16.9 Å². The highest BCUT2D eigenvalue weighted by Gasteiger charge is 2.23. The average molecular weight is 475 g/mol. The van der Waals surface area contributed by atoms with Gasteiger partial charge in [-0.15, -0.1) is 0 Å². The zero-order valence-corrected chi connectivity index (χ0v) is 20.2. The van der Waals surface area contributed by atoms with Gasteiger partial charge in [0, 0.05) is 55.6 Å². The predicted octanol–water partition coefficient (Wildman–Crippen LogP) is 3.77. The molecule has 1 aromatic heterocycles. The number of ether oxygens (including phenoxy) is 1. The van der Waals surface area contributed by atoms with Gasteiger partial charge in [-0.05, 0) is 44.4 Å². The molecule has 2 aromatic carbocycles. The number of aromatic nitrogens is 1. The van der Waals surface area contributed by atoms with E-state index in [1.165, 1.54) is 6.07 Å². The molecule has 3 heterocycles. The van der Waals surface area contributed by atoms with E-state index in [0.717, 1.165) is 61.0 Å². The Morgan fingerprint density at radius 3 is 2.69 bits per heavy atom. The van der Waals surface area contributed by atoms with Gasteiger partial charge in [0.05, 0.1) is 17.6 Å². The summed E-state index contributed by atoms with van der Waals surface area (Å²) in [7, 11) is 3.99. The summed E-state index contributed by atoms with van der Waals surface area (Å²) < 4.78 is 21.0. The van der Waals surface area contributed by atoms with Crippen molar-refractivity contribution in [2.24, 2.45) is 4.99 Å². The Morgan fingerprint density at radius 1 is 1.06 bits per heavy atom. The average Bonchev–Trinajstić information content (AvgIpc) is 2.89. The molecule has 1 N–H and O–H groups in total. The van der Waals surface area contributed by atoms with Crippen LogP contribution < -0.4 is 19.9 Å². The van der Waals surface area contributed by atoms with Crippen molar-refractivity contribution in [3.05, 3.63) is 66.1 Å². The molecule has 0 spiro atoms. The number of hydrogen-bond donors (Lipinski definition) is 1. The molecule has 2 aliphatic heterocycles. The van der Waals surface area contributed by atoms with Crippen molar-refractivity contribution in [1.82, 2.24) is 15.2 Å². The minimum atomic E-state index is -0.284. The van der Waals surface area contributed by atoms with Crippen LogP contribution in [0.15, 0.2) is 59.7 Å². The molecule has 7 nitrogen and oxygen atoms in total. The summed E-state index contributed by atoms with van der Waals surface area (Å²) in [6.07, 6.45) is 3.74. The van der Waals surface area contributed by atoms with Crippen LogP contribution in [0.4, 0.5) is 21.6 Å². The lowest BCUT2D eigenvalue weighted by atomic mass is 9.97. The zero-order chi connectivity index (χ0) is 24.2. The third kappa shape index (κ3) is 5.13. The fraction of sp³-hybridized carbons (Fsp3) is 0.333. The molecule has 0 amide bonds. The number of benzene rings is 2. The van der Waals surface area contributed by atoms with Gasteiger partial charge >= 0.3 is 0 Å². The van der Waals surface area contributed by atoms with E-state index in [4.69, 9.17) is 9.72 Å². The Bertz CT molecular complexity index is 1190. The van der Waals surface area contributed by atoms with Crippen LogP contribution in [0.3, 0.4) is 0 Å². The third-order valence-corrected chi connectivity index (χ3v) is 6.31. The van der Waals surface area contributed by atoms with Crippen LogP contribution in [0.25, 0.3) is 11.1 Å². The minimum Gasteiger partial charge on any atom is -0.492 e. The molecule has 182 valence electrons. The molecule has 1 saturated heterocycles. The highest BCUT2D eigenvalue weighted by atomic mass is 19.1. The number of fused-ring (bicyclic) bond motifs is 1. The normalized spacial score (nSPS) is 15.4. The first-order chi connectivity index (χ1) is 17.1. The lowest BCUT2D eigenvalue weighted by Crippen LogP contribution is -2.43. The van der Waals surface area contributed by atoms with E-state index in [-0.39, 0.29) is 5.82 Å². The monoisotopic (exact) mass is 474 g/mol. The highest BCUT2D eigenvalue weighted by Crippen LogP contribution is 2.41. The summed E-state index contributed by atoms with van der Waals surface area (Å²) in [5, 5.41) is 3.37. The van der Waals surface area contributed by atoms with Gasteiger partial charge in [-0.25, -0.2) is 9.37 Å². The van der Waals surface area contributed by atoms with E-state index < -0.39 is 0 Å². The number of likely N-dealkylation sites (N-methyl/N-ethyl adjacent to an activating group) is 1. The molecule has 0 atom stereocenters. The molecule has 0 aliphatic carbocycles. The van der Waals surface area contributed by atoms with E-state index >= 15 is 4.39 Å². The van der Waals surface area contributed by atoms with E-state index in [0.29, 0.717) is 24.6 Å². The van der Waals surface area contributed by atoms with Gasteiger partial charge in [0.1, 0.15) is 30.7 Å². The number of halogens is 1. The number of para-hydroxylation sites is 1. The van der Waals surface area contributed by atoms with Crippen molar-refractivity contribution in [2.75, 3.05) is 69.9 Å². The molecule has 3 aromatic rings. The maximum Gasteiger partial charge on any atom is 0.131 e. The van der Waals surface area contributed by atoms with Crippen LogP contribution in [0, 0.1) is 5.82 Å². The second-order valence-corrected chi connectivity index (χ2v) is 9.03. The first-order valence-electron chi connectivity index (χ1n) is 12.0. The lowest BCUT2D eigenvalue weighted by molar-refractivity contribution is 0.261. The van der Waals surface area contributed by atoms with Crippen molar-refractivity contribution in [3.63, 3.8) is 0 Å². The Kier molecular flexibility index (Phi) is 6.92. The second kappa shape index (κ2) is 10.4. The summed E-state index contributed by atoms with van der Waals surface area (Å²) in [4.78, 5) is 15.7. The van der Waals surface area contributed by atoms with Gasteiger partial charge in [-0.3, -0.25) is 4.99 Å². The molecule has 5 rings (SSSR count). The predicted molar refractivity (Wildman–Crippen MR) is 140 cm³/mol. The van der Waals surface area contributed by atoms with Gasteiger partial charge in [-0.1, -0.05) is 18.2 Å². The van der Waals surface area contributed by atoms with Gasteiger partial charge in [0.25, 0.3) is 0 Å². The number of aliphatic imine (C=N–C) groups is 1. The van der Waals surface area contributed by atoms with Crippen molar-refractivity contribution < 1.29 is 9.13 Å². The van der Waals surface area contributed by atoms with Crippen LogP contribution in [0.5, 0.6) is 5.75 Å². The fourth-order valence-corrected chi connectivity index (χ4v) is 4.45. The Morgan fingerprint density at radius 2 is 1.91 bits per heavy atom.